The molecule has 152 valence electrons. The fourth-order valence-electron chi connectivity index (χ4n) is 3.44. The molecule has 0 unspecified atom stereocenters. The number of nitriles is 1. The minimum atomic E-state index is -0.667. The van der Waals surface area contributed by atoms with Crippen molar-refractivity contribution in [3.63, 3.8) is 0 Å². The molecule has 1 aromatic heterocycles. The van der Waals surface area contributed by atoms with Crippen LogP contribution in [0.25, 0.3) is 0 Å². The molecule has 1 aliphatic heterocycles. The van der Waals surface area contributed by atoms with E-state index in [4.69, 9.17) is 19.5 Å². The monoisotopic (exact) mass is 396 g/mol. The molecule has 29 heavy (non-hydrogen) atoms. The fraction of sp³-hybridized carbons (Fsp3) is 0.409. The van der Waals surface area contributed by atoms with Crippen molar-refractivity contribution in [2.24, 2.45) is 0 Å². The third kappa shape index (κ3) is 5.04. The Balaban J connectivity index is 1.53. The smallest absolute Gasteiger partial charge is 0.344 e. The average Bonchev–Trinajstić information content (AvgIpc) is 3.34. The Morgan fingerprint density at radius 2 is 2.07 bits per heavy atom. The lowest BCUT2D eigenvalue weighted by molar-refractivity contribution is -0.144. The summed E-state index contributed by atoms with van der Waals surface area (Å²) < 4.78 is 18.1. The van der Waals surface area contributed by atoms with E-state index in [0.29, 0.717) is 16.9 Å². The van der Waals surface area contributed by atoms with Gasteiger partial charge in [0.05, 0.1) is 11.7 Å². The Bertz CT molecular complexity index is 935. The van der Waals surface area contributed by atoms with Gasteiger partial charge in [-0.2, -0.15) is 5.26 Å². The second-order valence-corrected chi connectivity index (χ2v) is 7.01. The van der Waals surface area contributed by atoms with Crippen LogP contribution in [0.4, 0.5) is 0 Å². The van der Waals surface area contributed by atoms with Crippen LogP contribution in [0.2, 0.25) is 0 Å². The van der Waals surface area contributed by atoms with E-state index in [-0.39, 0.29) is 25.1 Å². The molecule has 0 bridgehead atoms. The Labute approximate surface area is 169 Å². The van der Waals surface area contributed by atoms with Gasteiger partial charge in [0.1, 0.15) is 11.8 Å². The van der Waals surface area contributed by atoms with Gasteiger partial charge in [-0.3, -0.25) is 4.79 Å². The van der Waals surface area contributed by atoms with Crippen LogP contribution in [0.1, 0.15) is 40.2 Å². The maximum absolute atomic E-state index is 12.5. The molecule has 3 rings (SSSR count). The van der Waals surface area contributed by atoms with Gasteiger partial charge in [-0.1, -0.05) is 12.1 Å². The second-order valence-electron chi connectivity index (χ2n) is 7.01. The Morgan fingerprint density at radius 3 is 2.79 bits per heavy atom. The zero-order valence-electron chi connectivity index (χ0n) is 16.6. The number of Topliss-reactive ketones (excluding diaryl/α,β-unsaturated/α-hetero) is 1. The normalized spacial score (nSPS) is 15.7. The van der Waals surface area contributed by atoms with Gasteiger partial charge in [-0.15, -0.1) is 0 Å². The SMILES string of the molecule is Cc1cc(C(=O)COC(=O)COc2ccccc2C#N)c(C)n1C[C@H]1CCCO1. The quantitative estimate of drug-likeness (QED) is 0.503. The molecule has 1 fully saturated rings. The largest absolute Gasteiger partial charge is 0.481 e. The molecule has 0 aliphatic carbocycles. The van der Waals surface area contributed by atoms with Crippen molar-refractivity contribution in [2.75, 3.05) is 19.8 Å². The average molecular weight is 396 g/mol. The van der Waals surface area contributed by atoms with Crippen molar-refractivity contribution < 1.29 is 23.8 Å². The molecule has 1 aliphatic rings. The summed E-state index contributed by atoms with van der Waals surface area (Å²) in [7, 11) is 0. The van der Waals surface area contributed by atoms with Gasteiger partial charge in [0.25, 0.3) is 0 Å². The number of para-hydroxylation sites is 1. The van der Waals surface area contributed by atoms with Crippen molar-refractivity contribution in [3.05, 3.63) is 52.8 Å². The van der Waals surface area contributed by atoms with Gasteiger partial charge in [0.2, 0.25) is 5.78 Å². The van der Waals surface area contributed by atoms with Gasteiger partial charge in [-0.25, -0.2) is 4.79 Å². The van der Waals surface area contributed by atoms with E-state index in [1.165, 1.54) is 0 Å². The lowest BCUT2D eigenvalue weighted by Crippen LogP contribution is -2.20. The minimum Gasteiger partial charge on any atom is -0.481 e. The van der Waals surface area contributed by atoms with Crippen LogP contribution in [0, 0.1) is 25.2 Å². The first kappa shape index (κ1) is 20.6. The number of carbonyl (C=O) groups excluding carboxylic acids is 2. The number of esters is 1. The molecule has 7 heteroatoms. The van der Waals surface area contributed by atoms with Gasteiger partial charge < -0.3 is 18.8 Å². The van der Waals surface area contributed by atoms with Crippen molar-refractivity contribution in [1.29, 1.82) is 5.26 Å². The van der Waals surface area contributed by atoms with Crippen LogP contribution in [-0.2, 0) is 20.8 Å². The van der Waals surface area contributed by atoms with Gasteiger partial charge >= 0.3 is 5.97 Å². The van der Waals surface area contributed by atoms with E-state index in [1.54, 1.807) is 24.3 Å². The van der Waals surface area contributed by atoms with E-state index in [2.05, 4.69) is 4.57 Å². The fourth-order valence-corrected chi connectivity index (χ4v) is 3.44. The number of ether oxygens (including phenoxy) is 3. The highest BCUT2D eigenvalue weighted by Crippen LogP contribution is 2.21. The highest BCUT2D eigenvalue weighted by Gasteiger charge is 2.21. The summed E-state index contributed by atoms with van der Waals surface area (Å²) in [5.41, 5.74) is 2.70. The van der Waals surface area contributed by atoms with Crippen LogP contribution in [-0.4, -0.2) is 42.2 Å². The molecule has 2 aromatic rings. The van der Waals surface area contributed by atoms with E-state index < -0.39 is 5.97 Å². The first-order chi connectivity index (χ1) is 14.0. The Kier molecular flexibility index (Phi) is 6.68. The first-order valence-corrected chi connectivity index (χ1v) is 9.58. The van der Waals surface area contributed by atoms with Crippen LogP contribution in [0.5, 0.6) is 5.75 Å². The number of hydrogen-bond acceptors (Lipinski definition) is 6. The van der Waals surface area contributed by atoms with Crippen LogP contribution < -0.4 is 4.74 Å². The lowest BCUT2D eigenvalue weighted by atomic mass is 10.1. The summed E-state index contributed by atoms with van der Waals surface area (Å²) >= 11 is 0. The third-order valence-electron chi connectivity index (χ3n) is 5.00. The molecule has 1 saturated heterocycles. The third-order valence-corrected chi connectivity index (χ3v) is 5.00. The van der Waals surface area contributed by atoms with E-state index in [9.17, 15) is 9.59 Å². The summed E-state index contributed by atoms with van der Waals surface area (Å²) in [6.07, 6.45) is 2.26. The molecule has 0 N–H and O–H groups in total. The number of nitrogens with zero attached hydrogens (tertiary/aromatic N) is 2. The minimum absolute atomic E-state index is 0.175. The Hall–Kier alpha value is -3.11. The maximum Gasteiger partial charge on any atom is 0.344 e. The van der Waals surface area contributed by atoms with Crippen molar-refractivity contribution in [3.8, 4) is 11.8 Å². The number of rotatable bonds is 8. The van der Waals surface area contributed by atoms with Crippen LogP contribution >= 0.6 is 0 Å². The topological polar surface area (TPSA) is 90.6 Å². The van der Waals surface area contributed by atoms with Crippen molar-refractivity contribution in [1.82, 2.24) is 4.57 Å². The summed E-state index contributed by atoms with van der Waals surface area (Å²) in [4.78, 5) is 24.5. The number of carbonyl (C=O) groups is 2. The molecule has 0 amide bonds. The number of benzene rings is 1. The summed E-state index contributed by atoms with van der Waals surface area (Å²) in [6, 6.07) is 10.4. The van der Waals surface area contributed by atoms with E-state index in [0.717, 1.165) is 37.4 Å². The van der Waals surface area contributed by atoms with Gasteiger partial charge in [-0.05, 0) is 44.9 Å². The summed E-state index contributed by atoms with van der Waals surface area (Å²) in [5, 5.41) is 9.03. The zero-order valence-corrected chi connectivity index (χ0v) is 16.6. The molecule has 1 aromatic carbocycles. The standard InChI is InChI=1S/C22H24N2O5/c1-15-10-19(16(2)24(15)12-18-7-5-9-27-18)20(25)13-29-22(26)14-28-21-8-4-3-6-17(21)11-23/h3-4,6,8,10,18H,5,7,9,12-14H2,1-2H3/t18-/m1/s1. The van der Waals surface area contributed by atoms with E-state index in [1.807, 2.05) is 26.0 Å². The summed E-state index contributed by atoms with van der Waals surface area (Å²) in [5.74, 6) is -0.627. The molecule has 0 radical (unpaired) electrons. The number of hydrogen-bond donors (Lipinski definition) is 0. The first-order valence-electron chi connectivity index (χ1n) is 9.58. The van der Waals surface area contributed by atoms with Crippen molar-refractivity contribution in [2.45, 2.75) is 39.3 Å². The number of ketones is 1. The molecule has 0 saturated carbocycles. The molecule has 0 spiro atoms. The summed E-state index contributed by atoms with van der Waals surface area (Å²) in [6.45, 7) is 4.62. The predicted octanol–water partition coefficient (Wildman–Crippen LogP) is 2.96. The van der Waals surface area contributed by atoms with E-state index >= 15 is 0 Å². The van der Waals surface area contributed by atoms with Gasteiger partial charge in [0.15, 0.2) is 13.2 Å². The number of aromatic nitrogens is 1. The highest BCUT2D eigenvalue weighted by atomic mass is 16.6. The molecule has 2 heterocycles. The maximum atomic E-state index is 12.5. The predicted molar refractivity (Wildman–Crippen MR) is 105 cm³/mol. The molecule has 1 atom stereocenters. The number of aryl methyl sites for hydroxylation is 1. The molecule has 7 nitrogen and oxygen atoms in total. The molecular formula is C22H24N2O5. The lowest BCUT2D eigenvalue weighted by Gasteiger charge is -2.14. The van der Waals surface area contributed by atoms with Gasteiger partial charge in [0, 0.05) is 30.1 Å². The van der Waals surface area contributed by atoms with Crippen LogP contribution in [0.15, 0.2) is 30.3 Å². The Morgan fingerprint density at radius 1 is 1.28 bits per heavy atom. The molecular weight excluding hydrogens is 372 g/mol. The van der Waals surface area contributed by atoms with Crippen LogP contribution in [0.3, 0.4) is 0 Å². The zero-order chi connectivity index (χ0) is 20.8. The highest BCUT2D eigenvalue weighted by molar-refractivity contribution is 5.99. The van der Waals surface area contributed by atoms with Crippen molar-refractivity contribution >= 4 is 11.8 Å². The second kappa shape index (κ2) is 9.39.